The number of unbranched alkanes of at least 4 members (excludes halogenated alkanes) is 9. The molecule has 118 valence electrons. The molecule has 0 spiro atoms. The minimum Gasteiger partial charge on any atom is -0.504 e. The topological polar surface area (TPSA) is 54.4 Å². The average molecular weight is 292 g/mol. The maximum absolute atomic E-state index is 11.6. The predicted octanol–water partition coefficient (Wildman–Crippen LogP) is 4.82. The van der Waals surface area contributed by atoms with Crippen molar-refractivity contribution in [1.82, 2.24) is 0 Å². The highest BCUT2D eigenvalue weighted by molar-refractivity contribution is 6.18. The van der Waals surface area contributed by atoms with Crippen molar-refractivity contribution in [2.45, 2.75) is 77.6 Å². The molecule has 0 fully saturated rings. The van der Waals surface area contributed by atoms with Gasteiger partial charge in [-0.1, -0.05) is 64.7 Å². The molecule has 0 unspecified atom stereocenters. The van der Waals surface area contributed by atoms with Crippen LogP contribution < -0.4 is 0 Å². The van der Waals surface area contributed by atoms with Crippen molar-refractivity contribution in [2.75, 3.05) is 0 Å². The number of hydrogen-bond acceptors (Lipinski definition) is 3. The van der Waals surface area contributed by atoms with Gasteiger partial charge in [0.25, 0.3) is 0 Å². The summed E-state index contributed by atoms with van der Waals surface area (Å²) in [6.07, 6.45) is 15.2. The molecular formula is C18H28O3. The van der Waals surface area contributed by atoms with Crippen LogP contribution in [0.5, 0.6) is 0 Å². The van der Waals surface area contributed by atoms with Crippen molar-refractivity contribution in [3.63, 3.8) is 0 Å². The second kappa shape index (κ2) is 10.4. The second-order valence-electron chi connectivity index (χ2n) is 5.82. The molecule has 0 aromatic heterocycles. The molecule has 0 heterocycles. The molecule has 0 saturated heterocycles. The van der Waals surface area contributed by atoms with Gasteiger partial charge >= 0.3 is 0 Å². The molecule has 0 radical (unpaired) electrons. The Labute approximate surface area is 128 Å². The van der Waals surface area contributed by atoms with Crippen LogP contribution in [-0.2, 0) is 9.59 Å². The van der Waals surface area contributed by atoms with Crippen LogP contribution in [0, 0.1) is 0 Å². The molecule has 3 nitrogen and oxygen atoms in total. The summed E-state index contributed by atoms with van der Waals surface area (Å²) in [5, 5.41) is 9.61. The highest BCUT2D eigenvalue weighted by atomic mass is 16.3. The van der Waals surface area contributed by atoms with Crippen molar-refractivity contribution >= 4 is 11.6 Å². The van der Waals surface area contributed by atoms with E-state index in [1.54, 1.807) is 0 Å². The van der Waals surface area contributed by atoms with Crippen molar-refractivity contribution in [3.8, 4) is 0 Å². The fourth-order valence-electron chi connectivity index (χ4n) is 2.63. The predicted molar refractivity (Wildman–Crippen MR) is 85.3 cm³/mol. The second-order valence-corrected chi connectivity index (χ2v) is 5.82. The van der Waals surface area contributed by atoms with E-state index in [1.807, 2.05) is 0 Å². The molecule has 0 atom stereocenters. The SMILES string of the molecule is CCCCCCCCCCCCC1=C(O)C(=O)C=CC1=O. The molecule has 0 aromatic rings. The lowest BCUT2D eigenvalue weighted by Crippen LogP contribution is -2.14. The number of carbonyl (C=O) groups excluding carboxylic acids is 2. The van der Waals surface area contributed by atoms with Gasteiger partial charge in [0.05, 0.1) is 0 Å². The lowest BCUT2D eigenvalue weighted by molar-refractivity contribution is -0.117. The van der Waals surface area contributed by atoms with E-state index in [9.17, 15) is 14.7 Å². The highest BCUT2D eigenvalue weighted by Crippen LogP contribution is 2.19. The standard InChI is InChI=1S/C18H28O3/c1-2-3-4-5-6-7-8-9-10-11-12-15-16(19)13-14-17(20)18(15)21/h13-14,21H,2-12H2,1H3. The zero-order valence-corrected chi connectivity index (χ0v) is 13.2. The van der Waals surface area contributed by atoms with E-state index in [1.165, 1.54) is 57.4 Å². The number of carbonyl (C=O) groups is 2. The van der Waals surface area contributed by atoms with E-state index in [4.69, 9.17) is 0 Å². The fraction of sp³-hybridized carbons (Fsp3) is 0.667. The smallest absolute Gasteiger partial charge is 0.220 e. The molecule has 0 aliphatic heterocycles. The average Bonchev–Trinajstić information content (AvgIpc) is 2.48. The minimum atomic E-state index is -0.448. The van der Waals surface area contributed by atoms with E-state index in [0.717, 1.165) is 18.9 Å². The van der Waals surface area contributed by atoms with Gasteiger partial charge in [-0.2, -0.15) is 0 Å². The van der Waals surface area contributed by atoms with Gasteiger partial charge in [0.15, 0.2) is 11.5 Å². The summed E-state index contributed by atoms with van der Waals surface area (Å²) in [5.41, 5.74) is 0.294. The van der Waals surface area contributed by atoms with Gasteiger partial charge in [0.2, 0.25) is 5.78 Å². The van der Waals surface area contributed by atoms with Gasteiger partial charge in [-0.15, -0.1) is 0 Å². The van der Waals surface area contributed by atoms with E-state index < -0.39 is 5.78 Å². The third-order valence-corrected chi connectivity index (χ3v) is 3.98. The molecule has 1 rings (SSSR count). The Morgan fingerprint density at radius 2 is 1.24 bits per heavy atom. The van der Waals surface area contributed by atoms with Crippen LogP contribution >= 0.6 is 0 Å². The molecular weight excluding hydrogens is 264 g/mol. The first-order valence-corrected chi connectivity index (χ1v) is 8.35. The Morgan fingerprint density at radius 3 is 1.81 bits per heavy atom. The number of aliphatic hydroxyl groups excluding tert-OH is 1. The van der Waals surface area contributed by atoms with Gasteiger partial charge in [0, 0.05) is 5.57 Å². The molecule has 3 heteroatoms. The van der Waals surface area contributed by atoms with Gasteiger partial charge in [-0.3, -0.25) is 9.59 Å². The summed E-state index contributed by atoms with van der Waals surface area (Å²) in [6.45, 7) is 2.23. The fourth-order valence-corrected chi connectivity index (χ4v) is 2.63. The van der Waals surface area contributed by atoms with Crippen LogP contribution in [-0.4, -0.2) is 16.7 Å². The first-order chi connectivity index (χ1) is 10.2. The van der Waals surface area contributed by atoms with Crippen LogP contribution in [0.3, 0.4) is 0 Å². The third-order valence-electron chi connectivity index (χ3n) is 3.98. The van der Waals surface area contributed by atoms with Crippen molar-refractivity contribution < 1.29 is 14.7 Å². The van der Waals surface area contributed by atoms with Crippen LogP contribution in [0.1, 0.15) is 77.6 Å². The number of ketones is 2. The van der Waals surface area contributed by atoms with E-state index in [2.05, 4.69) is 6.92 Å². The van der Waals surface area contributed by atoms with Gasteiger partial charge in [-0.25, -0.2) is 0 Å². The normalized spacial score (nSPS) is 15.1. The zero-order chi connectivity index (χ0) is 15.5. The monoisotopic (exact) mass is 292 g/mol. The lowest BCUT2D eigenvalue weighted by Gasteiger charge is -2.09. The summed E-state index contributed by atoms with van der Waals surface area (Å²) in [5.74, 6) is -1.02. The van der Waals surface area contributed by atoms with Crippen molar-refractivity contribution in [2.24, 2.45) is 0 Å². The summed E-state index contributed by atoms with van der Waals surface area (Å²) in [4.78, 5) is 22.9. The van der Waals surface area contributed by atoms with E-state index in [-0.39, 0.29) is 11.5 Å². The van der Waals surface area contributed by atoms with Crippen LogP contribution in [0.4, 0.5) is 0 Å². The summed E-state index contributed by atoms with van der Waals surface area (Å²) in [6, 6.07) is 0. The largest absolute Gasteiger partial charge is 0.504 e. The molecule has 1 N–H and O–H groups in total. The lowest BCUT2D eigenvalue weighted by atomic mass is 9.96. The number of allylic oxidation sites excluding steroid dienone is 3. The maximum atomic E-state index is 11.6. The molecule has 0 saturated carbocycles. The molecule has 0 bridgehead atoms. The van der Waals surface area contributed by atoms with Crippen LogP contribution in [0.15, 0.2) is 23.5 Å². The first-order valence-electron chi connectivity index (χ1n) is 8.35. The van der Waals surface area contributed by atoms with Gasteiger partial charge < -0.3 is 5.11 Å². The number of aliphatic hydroxyl groups is 1. The van der Waals surface area contributed by atoms with E-state index >= 15 is 0 Å². The van der Waals surface area contributed by atoms with E-state index in [0.29, 0.717) is 12.0 Å². The molecule has 1 aliphatic rings. The number of hydrogen-bond donors (Lipinski definition) is 1. The highest BCUT2D eigenvalue weighted by Gasteiger charge is 2.21. The quantitative estimate of drug-likeness (QED) is 0.439. The van der Waals surface area contributed by atoms with Gasteiger partial charge in [-0.05, 0) is 25.0 Å². The molecule has 0 aromatic carbocycles. The zero-order valence-electron chi connectivity index (χ0n) is 13.2. The minimum absolute atomic E-state index is 0.219. The molecule has 1 aliphatic carbocycles. The van der Waals surface area contributed by atoms with Crippen molar-refractivity contribution in [3.05, 3.63) is 23.5 Å². The van der Waals surface area contributed by atoms with Crippen LogP contribution in [0.25, 0.3) is 0 Å². The summed E-state index contributed by atoms with van der Waals surface area (Å²) >= 11 is 0. The Morgan fingerprint density at radius 1 is 0.762 bits per heavy atom. The Bertz CT molecular complexity index is 405. The summed E-state index contributed by atoms with van der Waals surface area (Å²) in [7, 11) is 0. The Kier molecular flexibility index (Phi) is 8.72. The van der Waals surface area contributed by atoms with Crippen molar-refractivity contribution in [1.29, 1.82) is 0 Å². The van der Waals surface area contributed by atoms with Crippen LogP contribution in [0.2, 0.25) is 0 Å². The Hall–Kier alpha value is -1.38. The summed E-state index contributed by atoms with van der Waals surface area (Å²) < 4.78 is 0. The van der Waals surface area contributed by atoms with Gasteiger partial charge in [0.1, 0.15) is 0 Å². The number of rotatable bonds is 11. The Balaban J connectivity index is 2.05. The molecule has 0 amide bonds. The third kappa shape index (κ3) is 6.74. The maximum Gasteiger partial charge on any atom is 0.220 e. The first kappa shape index (κ1) is 17.7. The molecule has 21 heavy (non-hydrogen) atoms.